The molecule has 0 amide bonds. The second-order valence-corrected chi connectivity index (χ2v) is 9.36. The molecule has 0 aliphatic heterocycles. The molecule has 7 nitrogen and oxygen atoms in total. The summed E-state index contributed by atoms with van der Waals surface area (Å²) < 4.78 is 36.2. The highest BCUT2D eigenvalue weighted by atomic mass is 35.5. The molecule has 0 bridgehead atoms. The number of benzene rings is 4. The number of halogens is 1. The van der Waals surface area contributed by atoms with Crippen molar-refractivity contribution in [1.29, 1.82) is 0 Å². The number of rotatable bonds is 7. The summed E-state index contributed by atoms with van der Waals surface area (Å²) in [6, 6.07) is 19.9. The Morgan fingerprint density at radius 1 is 0.778 bits per heavy atom. The Kier molecular flexibility index (Phi) is 7.57. The van der Waals surface area contributed by atoms with Gasteiger partial charge in [-0.2, -0.15) is 0 Å². The zero-order valence-electron chi connectivity index (χ0n) is 19.6. The topological polar surface area (TPSA) is 88.1 Å². The molecule has 0 saturated carbocycles. The molecule has 0 aliphatic carbocycles. The lowest BCUT2D eigenvalue weighted by molar-refractivity contribution is -0.131. The molecule has 1 unspecified atom stereocenters. The third kappa shape index (κ3) is 4.91. The molecule has 36 heavy (non-hydrogen) atoms. The van der Waals surface area contributed by atoms with Crippen LogP contribution in [0.25, 0.3) is 10.8 Å². The summed E-state index contributed by atoms with van der Waals surface area (Å²) >= 11 is 6.13. The summed E-state index contributed by atoms with van der Waals surface area (Å²) in [6.07, 6.45) is 0. The van der Waals surface area contributed by atoms with Gasteiger partial charge in [-0.15, -0.1) is 0 Å². The van der Waals surface area contributed by atoms with E-state index in [9.17, 15) is 13.8 Å². The van der Waals surface area contributed by atoms with Gasteiger partial charge in [0.05, 0.1) is 35.5 Å². The van der Waals surface area contributed by atoms with E-state index in [1.165, 1.54) is 21.1 Å². The normalized spacial score (nSPS) is 11.6. The summed E-state index contributed by atoms with van der Waals surface area (Å²) in [5, 5.41) is 1.01. The number of hydrogen-bond donors (Lipinski definition) is 0. The van der Waals surface area contributed by atoms with E-state index in [0.29, 0.717) is 25.8 Å². The Hall–Kier alpha value is -3.88. The number of ether oxygens (including phenoxy) is 4. The summed E-state index contributed by atoms with van der Waals surface area (Å²) in [5.41, 5.74) is 0.296. The van der Waals surface area contributed by atoms with E-state index in [1.807, 2.05) is 0 Å². The molecule has 0 spiro atoms. The standard InChI is InChI=1S/C27H21ClO7S/c1-16(29)34-23-20-13-8-14-21(36(31)19-12-7-11-18(28)15-19)22(20)24(26(33-3)25(23)32-2)35-27(30)17-9-5-4-6-10-17/h4-15H,1-3H3. The summed E-state index contributed by atoms with van der Waals surface area (Å²) in [5.74, 6) is -1.21. The zero-order chi connectivity index (χ0) is 25.8. The van der Waals surface area contributed by atoms with Gasteiger partial charge in [-0.05, 0) is 36.4 Å². The first-order chi connectivity index (χ1) is 17.3. The van der Waals surface area contributed by atoms with Crippen molar-refractivity contribution >= 4 is 45.1 Å². The van der Waals surface area contributed by atoms with Gasteiger partial charge in [-0.1, -0.05) is 48.0 Å². The summed E-state index contributed by atoms with van der Waals surface area (Å²) in [4.78, 5) is 25.8. The van der Waals surface area contributed by atoms with E-state index in [4.69, 9.17) is 30.5 Å². The highest BCUT2D eigenvalue weighted by Crippen LogP contribution is 2.53. The minimum atomic E-state index is -1.75. The first kappa shape index (κ1) is 25.2. The molecule has 0 fully saturated rings. The number of hydrogen-bond acceptors (Lipinski definition) is 7. The van der Waals surface area contributed by atoms with Crippen LogP contribution in [-0.2, 0) is 15.6 Å². The van der Waals surface area contributed by atoms with E-state index >= 15 is 0 Å². The van der Waals surface area contributed by atoms with Gasteiger partial charge in [0.2, 0.25) is 11.5 Å². The first-order valence-corrected chi connectivity index (χ1v) is 12.2. The molecular formula is C27H21ClO7S. The van der Waals surface area contributed by atoms with E-state index in [1.54, 1.807) is 72.8 Å². The monoisotopic (exact) mass is 524 g/mol. The quantitative estimate of drug-likeness (QED) is 0.222. The van der Waals surface area contributed by atoms with Crippen molar-refractivity contribution < 1.29 is 32.7 Å². The number of methoxy groups -OCH3 is 2. The van der Waals surface area contributed by atoms with Gasteiger partial charge < -0.3 is 18.9 Å². The van der Waals surface area contributed by atoms with Crippen molar-refractivity contribution in [2.75, 3.05) is 14.2 Å². The molecule has 4 rings (SSSR count). The lowest BCUT2D eigenvalue weighted by Crippen LogP contribution is -2.12. The lowest BCUT2D eigenvalue weighted by Gasteiger charge is -2.20. The number of esters is 2. The maximum Gasteiger partial charge on any atom is 0.343 e. The van der Waals surface area contributed by atoms with Crippen molar-refractivity contribution in [1.82, 2.24) is 0 Å². The van der Waals surface area contributed by atoms with Gasteiger partial charge in [0.25, 0.3) is 0 Å². The van der Waals surface area contributed by atoms with E-state index in [0.717, 1.165) is 0 Å². The Bertz CT molecular complexity index is 1480. The predicted molar refractivity (Wildman–Crippen MR) is 136 cm³/mol. The fourth-order valence-electron chi connectivity index (χ4n) is 3.70. The number of carbonyl (C=O) groups is 2. The van der Waals surface area contributed by atoms with Crippen molar-refractivity contribution in [3.05, 3.63) is 83.4 Å². The Labute approximate surface area is 215 Å². The molecule has 4 aromatic rings. The number of carbonyl (C=O) groups excluding carboxylic acids is 2. The molecule has 184 valence electrons. The van der Waals surface area contributed by atoms with Crippen molar-refractivity contribution in [2.24, 2.45) is 0 Å². The third-order valence-corrected chi connectivity index (χ3v) is 6.84. The van der Waals surface area contributed by atoms with Crippen LogP contribution in [0.2, 0.25) is 5.02 Å². The molecule has 1 atom stereocenters. The Morgan fingerprint density at radius 2 is 1.44 bits per heavy atom. The van der Waals surface area contributed by atoms with E-state index in [-0.39, 0.29) is 28.4 Å². The van der Waals surface area contributed by atoms with Crippen LogP contribution in [0, 0.1) is 0 Å². The molecular weight excluding hydrogens is 504 g/mol. The Morgan fingerprint density at radius 3 is 2.08 bits per heavy atom. The molecule has 0 radical (unpaired) electrons. The van der Waals surface area contributed by atoms with Crippen LogP contribution in [0.15, 0.2) is 82.6 Å². The molecule has 9 heteroatoms. The van der Waals surface area contributed by atoms with E-state index < -0.39 is 22.7 Å². The maximum atomic E-state index is 13.7. The molecule has 0 aromatic heterocycles. The summed E-state index contributed by atoms with van der Waals surface area (Å²) in [6.45, 7) is 1.25. The molecule has 0 N–H and O–H groups in total. The number of fused-ring (bicyclic) bond motifs is 1. The lowest BCUT2D eigenvalue weighted by atomic mass is 10.1. The van der Waals surface area contributed by atoms with Crippen LogP contribution in [0.3, 0.4) is 0 Å². The second kappa shape index (κ2) is 10.8. The zero-order valence-corrected chi connectivity index (χ0v) is 21.1. The van der Waals surface area contributed by atoms with Gasteiger partial charge in [-0.3, -0.25) is 4.79 Å². The van der Waals surface area contributed by atoms with Crippen LogP contribution in [0.4, 0.5) is 0 Å². The molecule has 0 heterocycles. The average molecular weight is 525 g/mol. The van der Waals surface area contributed by atoms with Crippen LogP contribution in [0.1, 0.15) is 17.3 Å². The van der Waals surface area contributed by atoms with Gasteiger partial charge in [-0.25, -0.2) is 9.00 Å². The largest absolute Gasteiger partial charge is 0.490 e. The average Bonchev–Trinajstić information content (AvgIpc) is 2.89. The second-order valence-electron chi connectivity index (χ2n) is 7.48. The molecule has 0 saturated heterocycles. The van der Waals surface area contributed by atoms with Crippen LogP contribution in [-0.4, -0.2) is 30.4 Å². The van der Waals surface area contributed by atoms with Crippen molar-refractivity contribution in [2.45, 2.75) is 16.7 Å². The third-order valence-electron chi connectivity index (χ3n) is 5.18. The highest BCUT2D eigenvalue weighted by Gasteiger charge is 2.29. The van der Waals surface area contributed by atoms with Crippen LogP contribution in [0.5, 0.6) is 23.0 Å². The van der Waals surface area contributed by atoms with Gasteiger partial charge in [0.15, 0.2) is 11.5 Å². The smallest absolute Gasteiger partial charge is 0.343 e. The highest BCUT2D eigenvalue weighted by molar-refractivity contribution is 7.85. The van der Waals surface area contributed by atoms with Crippen molar-refractivity contribution in [3.63, 3.8) is 0 Å². The van der Waals surface area contributed by atoms with Gasteiger partial charge >= 0.3 is 11.9 Å². The van der Waals surface area contributed by atoms with E-state index in [2.05, 4.69) is 0 Å². The van der Waals surface area contributed by atoms with Crippen LogP contribution < -0.4 is 18.9 Å². The van der Waals surface area contributed by atoms with Gasteiger partial charge in [0, 0.05) is 27.6 Å². The van der Waals surface area contributed by atoms with Gasteiger partial charge in [0.1, 0.15) is 0 Å². The molecule has 4 aromatic carbocycles. The minimum absolute atomic E-state index is 0.000996. The minimum Gasteiger partial charge on any atom is -0.490 e. The summed E-state index contributed by atoms with van der Waals surface area (Å²) in [7, 11) is 0.974. The maximum absolute atomic E-state index is 13.7. The predicted octanol–water partition coefficient (Wildman–Crippen LogP) is 5.82. The Balaban J connectivity index is 2.05. The fraction of sp³-hybridized carbons (Fsp3) is 0.111. The van der Waals surface area contributed by atoms with Crippen LogP contribution >= 0.6 is 11.6 Å². The first-order valence-electron chi connectivity index (χ1n) is 10.7. The van der Waals surface area contributed by atoms with Crippen molar-refractivity contribution in [3.8, 4) is 23.0 Å². The SMILES string of the molecule is COc1c(OC)c(OC(=O)c2ccccc2)c2c(S(=O)c3cccc(Cl)c3)cccc2c1OC(C)=O. The fourth-order valence-corrected chi connectivity index (χ4v) is 5.23. The molecule has 0 aliphatic rings.